The smallest absolute Gasteiger partial charge is 0.225 e. The van der Waals surface area contributed by atoms with Crippen LogP contribution in [0.2, 0.25) is 5.28 Å². The van der Waals surface area contributed by atoms with Gasteiger partial charge in [-0.3, -0.25) is 0 Å². The lowest BCUT2D eigenvalue weighted by atomic mass is 10.2. The third kappa shape index (κ3) is 2.26. The van der Waals surface area contributed by atoms with Crippen LogP contribution in [-0.4, -0.2) is 9.97 Å². The first-order chi connectivity index (χ1) is 10.2. The van der Waals surface area contributed by atoms with Crippen LogP contribution in [0, 0.1) is 5.82 Å². The van der Waals surface area contributed by atoms with Gasteiger partial charge in [-0.2, -0.15) is 4.98 Å². The van der Waals surface area contributed by atoms with Gasteiger partial charge in [0.15, 0.2) is 0 Å². The Labute approximate surface area is 129 Å². The molecule has 0 saturated carbocycles. The second-order valence-electron chi connectivity index (χ2n) is 5.01. The molecule has 0 unspecified atom stereocenters. The fourth-order valence-electron chi connectivity index (χ4n) is 2.76. The minimum Gasteiger partial charge on any atom is -0.339 e. The van der Waals surface area contributed by atoms with E-state index >= 15 is 0 Å². The fourth-order valence-corrected chi connectivity index (χ4v) is 4.24. The minimum atomic E-state index is -0.285. The Bertz CT molecular complexity index is 846. The Kier molecular flexibility index (Phi) is 3.05. The zero-order valence-electron chi connectivity index (χ0n) is 11.0. The molecule has 0 aliphatic heterocycles. The van der Waals surface area contributed by atoms with Gasteiger partial charge in [0.05, 0.1) is 5.39 Å². The van der Waals surface area contributed by atoms with E-state index in [1.54, 1.807) is 23.5 Å². The number of fused-ring (bicyclic) bond motifs is 3. The number of aromatic nitrogens is 2. The van der Waals surface area contributed by atoms with Crippen LogP contribution in [0.5, 0.6) is 0 Å². The maximum atomic E-state index is 13.3. The fraction of sp³-hybridized carbons (Fsp3) is 0.200. The van der Waals surface area contributed by atoms with Gasteiger partial charge in [-0.15, -0.1) is 11.3 Å². The van der Waals surface area contributed by atoms with Crippen molar-refractivity contribution in [2.24, 2.45) is 0 Å². The van der Waals surface area contributed by atoms with E-state index in [-0.39, 0.29) is 11.1 Å². The summed E-state index contributed by atoms with van der Waals surface area (Å²) in [6.07, 6.45) is 3.30. The summed E-state index contributed by atoms with van der Waals surface area (Å²) in [5.74, 6) is 0.377. The normalized spacial score (nSPS) is 13.6. The highest BCUT2D eigenvalue weighted by atomic mass is 35.5. The van der Waals surface area contributed by atoms with Gasteiger partial charge in [-0.25, -0.2) is 9.37 Å². The van der Waals surface area contributed by atoms with Crippen LogP contribution in [0.1, 0.15) is 16.9 Å². The predicted molar refractivity (Wildman–Crippen MR) is 84.1 cm³/mol. The highest BCUT2D eigenvalue weighted by Crippen LogP contribution is 2.40. The van der Waals surface area contributed by atoms with Crippen LogP contribution in [0.3, 0.4) is 0 Å². The lowest BCUT2D eigenvalue weighted by molar-refractivity contribution is 0.628. The first kappa shape index (κ1) is 13.0. The van der Waals surface area contributed by atoms with Crippen LogP contribution in [0.25, 0.3) is 10.2 Å². The molecule has 2 aromatic heterocycles. The largest absolute Gasteiger partial charge is 0.339 e. The summed E-state index contributed by atoms with van der Waals surface area (Å²) in [5, 5.41) is 4.41. The van der Waals surface area contributed by atoms with Crippen molar-refractivity contribution in [3.05, 3.63) is 45.8 Å². The average molecular weight is 320 g/mol. The monoisotopic (exact) mass is 319 g/mol. The zero-order valence-corrected chi connectivity index (χ0v) is 12.6. The van der Waals surface area contributed by atoms with Crippen LogP contribution < -0.4 is 5.32 Å². The average Bonchev–Trinajstić information content (AvgIpc) is 2.98. The molecule has 0 spiro atoms. The van der Waals surface area contributed by atoms with Gasteiger partial charge < -0.3 is 5.32 Å². The molecule has 4 rings (SSSR count). The predicted octanol–water partition coefficient (Wildman–Crippen LogP) is 4.72. The summed E-state index contributed by atoms with van der Waals surface area (Å²) in [5.41, 5.74) is 1.97. The number of nitrogens with one attached hydrogen (secondary N) is 1. The van der Waals surface area contributed by atoms with Crippen LogP contribution in [0.4, 0.5) is 15.9 Å². The summed E-state index contributed by atoms with van der Waals surface area (Å²) >= 11 is 7.69. The van der Waals surface area contributed by atoms with Gasteiger partial charge >= 0.3 is 0 Å². The van der Waals surface area contributed by atoms with Crippen molar-refractivity contribution in [3.8, 4) is 0 Å². The molecule has 3 nitrogen and oxygen atoms in total. The lowest BCUT2D eigenvalue weighted by Gasteiger charge is -2.08. The number of hydrogen-bond acceptors (Lipinski definition) is 4. The van der Waals surface area contributed by atoms with Crippen molar-refractivity contribution >= 4 is 44.7 Å². The van der Waals surface area contributed by atoms with Crippen LogP contribution in [0.15, 0.2) is 24.3 Å². The summed E-state index contributed by atoms with van der Waals surface area (Å²) < 4.78 is 13.3. The molecule has 0 fully saturated rings. The second kappa shape index (κ2) is 4.93. The third-order valence-corrected chi connectivity index (χ3v) is 4.98. The highest BCUT2D eigenvalue weighted by Gasteiger charge is 2.22. The minimum absolute atomic E-state index is 0.210. The Morgan fingerprint density at radius 1 is 1.24 bits per heavy atom. The number of thiophene rings is 1. The molecule has 6 heteroatoms. The van der Waals surface area contributed by atoms with E-state index < -0.39 is 0 Å². The molecular formula is C15H11ClFN3S. The number of anilines is 2. The first-order valence-electron chi connectivity index (χ1n) is 6.71. The summed E-state index contributed by atoms with van der Waals surface area (Å²) in [6.45, 7) is 0. The maximum Gasteiger partial charge on any atom is 0.225 e. The molecule has 0 bridgehead atoms. The van der Waals surface area contributed by atoms with E-state index in [1.807, 2.05) is 0 Å². The lowest BCUT2D eigenvalue weighted by Crippen LogP contribution is -1.97. The second-order valence-corrected chi connectivity index (χ2v) is 6.44. The SMILES string of the molecule is Fc1cccc(Nc2nc(Cl)nc3sc4c(c23)CCC4)c1. The van der Waals surface area contributed by atoms with Gasteiger partial charge in [0.1, 0.15) is 16.5 Å². The van der Waals surface area contributed by atoms with Gasteiger partial charge in [-0.05, 0) is 54.6 Å². The van der Waals surface area contributed by atoms with E-state index in [9.17, 15) is 4.39 Å². The van der Waals surface area contributed by atoms with Gasteiger partial charge in [0, 0.05) is 10.6 Å². The van der Waals surface area contributed by atoms with Crippen molar-refractivity contribution in [1.82, 2.24) is 9.97 Å². The number of rotatable bonds is 2. The molecule has 0 radical (unpaired) electrons. The first-order valence-corrected chi connectivity index (χ1v) is 7.90. The Morgan fingerprint density at radius 3 is 3.00 bits per heavy atom. The molecule has 1 aliphatic rings. The molecule has 3 aromatic rings. The molecule has 106 valence electrons. The van der Waals surface area contributed by atoms with E-state index in [0.717, 1.165) is 23.1 Å². The van der Waals surface area contributed by atoms with Crippen molar-refractivity contribution in [2.75, 3.05) is 5.32 Å². The van der Waals surface area contributed by atoms with Crippen molar-refractivity contribution in [3.63, 3.8) is 0 Å². The van der Waals surface area contributed by atoms with Gasteiger partial charge in [0.25, 0.3) is 0 Å². The van der Waals surface area contributed by atoms with Crippen molar-refractivity contribution in [1.29, 1.82) is 0 Å². The Balaban J connectivity index is 1.87. The number of nitrogens with zero attached hydrogens (tertiary/aromatic N) is 2. The van der Waals surface area contributed by atoms with Crippen LogP contribution >= 0.6 is 22.9 Å². The van der Waals surface area contributed by atoms with E-state index in [2.05, 4.69) is 15.3 Å². The molecule has 1 aliphatic carbocycles. The number of benzene rings is 1. The molecule has 0 saturated heterocycles. The summed E-state index contributed by atoms with van der Waals surface area (Å²) in [4.78, 5) is 10.9. The van der Waals surface area contributed by atoms with E-state index in [0.29, 0.717) is 11.5 Å². The third-order valence-electron chi connectivity index (χ3n) is 3.62. The summed E-state index contributed by atoms with van der Waals surface area (Å²) in [6, 6.07) is 6.32. The molecular weight excluding hydrogens is 309 g/mol. The van der Waals surface area contributed by atoms with Crippen LogP contribution in [-0.2, 0) is 12.8 Å². The summed E-state index contributed by atoms with van der Waals surface area (Å²) in [7, 11) is 0. The number of aryl methyl sites for hydroxylation is 2. The number of halogens is 2. The van der Waals surface area contributed by atoms with E-state index in [4.69, 9.17) is 11.6 Å². The van der Waals surface area contributed by atoms with Crippen molar-refractivity contribution in [2.45, 2.75) is 19.3 Å². The molecule has 1 aromatic carbocycles. The number of hydrogen-bond donors (Lipinski definition) is 1. The molecule has 0 amide bonds. The molecule has 21 heavy (non-hydrogen) atoms. The molecule has 0 atom stereocenters. The topological polar surface area (TPSA) is 37.8 Å². The quantitative estimate of drug-likeness (QED) is 0.695. The maximum absolute atomic E-state index is 13.3. The molecule has 1 N–H and O–H groups in total. The zero-order chi connectivity index (χ0) is 14.4. The standard InChI is InChI=1S/C15H11ClFN3S/c16-15-19-13(18-9-4-1-3-8(17)7-9)12-10-5-2-6-11(10)21-14(12)20-15/h1,3-4,7H,2,5-6H2,(H,18,19,20). The highest BCUT2D eigenvalue weighted by molar-refractivity contribution is 7.19. The van der Waals surface area contributed by atoms with Gasteiger partial charge in [0.2, 0.25) is 5.28 Å². The van der Waals surface area contributed by atoms with Crippen molar-refractivity contribution < 1.29 is 4.39 Å². The van der Waals surface area contributed by atoms with Gasteiger partial charge in [-0.1, -0.05) is 6.07 Å². The van der Waals surface area contributed by atoms with E-state index in [1.165, 1.54) is 29.0 Å². The Hall–Kier alpha value is -1.72. The Morgan fingerprint density at radius 2 is 2.14 bits per heavy atom. The molecule has 2 heterocycles.